The first-order chi connectivity index (χ1) is 8.09. The molecule has 0 fully saturated rings. The van der Waals surface area contributed by atoms with Gasteiger partial charge < -0.3 is 11.5 Å². The van der Waals surface area contributed by atoms with Crippen molar-refractivity contribution in [1.29, 1.82) is 0 Å². The molecule has 0 saturated carbocycles. The Balaban J connectivity index is 2.60. The number of hydrogen-bond donors (Lipinski definition) is 3. The summed E-state index contributed by atoms with van der Waals surface area (Å²) in [6.45, 7) is 0. The van der Waals surface area contributed by atoms with Crippen LogP contribution < -0.4 is 16.9 Å². The van der Waals surface area contributed by atoms with Gasteiger partial charge in [0, 0.05) is 5.56 Å². The number of benzene rings is 1. The first-order valence-corrected chi connectivity index (χ1v) is 5.25. The van der Waals surface area contributed by atoms with Crippen LogP contribution in [0.2, 0.25) is 0 Å². The number of para-hydroxylation sites is 1. The lowest BCUT2D eigenvalue weighted by Crippen LogP contribution is -2.30. The molecule has 0 spiro atoms. The van der Waals surface area contributed by atoms with Crippen molar-refractivity contribution in [2.45, 2.75) is 0 Å². The molecule has 0 atom stereocenters. The molecular weight excluding hydrogens is 236 g/mol. The number of carbonyl (C=O) groups is 1. The van der Waals surface area contributed by atoms with Crippen molar-refractivity contribution in [3.05, 3.63) is 35.4 Å². The number of nitrogens with one attached hydrogen (secondary N) is 1. The molecule has 0 aromatic heterocycles. The number of nitrogens with two attached hydrogens (primary N) is 2. The van der Waals surface area contributed by atoms with Gasteiger partial charge in [0.1, 0.15) is 10.7 Å². The first kappa shape index (κ1) is 11.3. The summed E-state index contributed by atoms with van der Waals surface area (Å²) in [7, 11) is 0. The zero-order valence-electron chi connectivity index (χ0n) is 8.81. The molecule has 1 amide bonds. The Morgan fingerprint density at radius 2 is 2.00 bits per heavy atom. The lowest BCUT2D eigenvalue weighted by atomic mass is 10.1. The van der Waals surface area contributed by atoms with Gasteiger partial charge in [-0.05, 0) is 12.1 Å². The van der Waals surface area contributed by atoms with E-state index in [1.165, 1.54) is 0 Å². The number of hydrogen-bond acceptors (Lipinski definition) is 4. The molecule has 17 heavy (non-hydrogen) atoms. The molecule has 86 valence electrons. The molecule has 5 nitrogen and oxygen atoms in total. The second-order valence-electron chi connectivity index (χ2n) is 3.45. The van der Waals surface area contributed by atoms with Gasteiger partial charge in [0.2, 0.25) is 0 Å². The maximum Gasteiger partial charge on any atom is 0.251 e. The highest BCUT2D eigenvalue weighted by atomic mass is 32.1. The number of fused-ring (bicyclic) bond motifs is 1. The topological polar surface area (TPSA) is 93.5 Å². The summed E-state index contributed by atoms with van der Waals surface area (Å²) in [5.74, 6) is -0.616. The maximum atomic E-state index is 11.4. The minimum Gasteiger partial charge on any atom is -0.388 e. The van der Waals surface area contributed by atoms with E-state index < -0.39 is 5.91 Å². The van der Waals surface area contributed by atoms with Crippen LogP contribution in [0.4, 0.5) is 5.69 Å². The number of nitrogens with zero attached hydrogens (tertiary/aromatic N) is 1. The molecule has 5 N–H and O–H groups in total. The van der Waals surface area contributed by atoms with Crippen LogP contribution in [0.3, 0.4) is 0 Å². The van der Waals surface area contributed by atoms with Crippen LogP contribution in [-0.4, -0.2) is 16.6 Å². The number of hydrazone groups is 1. The van der Waals surface area contributed by atoms with Crippen molar-refractivity contribution < 1.29 is 4.79 Å². The van der Waals surface area contributed by atoms with Crippen molar-refractivity contribution in [2.24, 2.45) is 16.6 Å². The fraction of sp³-hybridized carbons (Fsp3) is 0. The highest BCUT2D eigenvalue weighted by Gasteiger charge is 2.19. The molecule has 0 aliphatic carbocycles. The van der Waals surface area contributed by atoms with Crippen molar-refractivity contribution in [1.82, 2.24) is 0 Å². The van der Waals surface area contributed by atoms with Gasteiger partial charge in [0.05, 0.1) is 11.3 Å². The van der Waals surface area contributed by atoms with Crippen LogP contribution >= 0.6 is 12.2 Å². The van der Waals surface area contributed by atoms with E-state index in [1.54, 1.807) is 6.08 Å². The maximum absolute atomic E-state index is 11.4. The average Bonchev–Trinajstić information content (AvgIpc) is 2.47. The standard InChI is InChI=1S/C11H10N4OS/c12-10(16)7-5-6-3-1-2-4-8(6)14-15-9(7)11(13)17/h1-5,14H,(H2,12,16)(H2,13,17). The zero-order chi connectivity index (χ0) is 12.4. The van der Waals surface area contributed by atoms with Gasteiger partial charge in [-0.1, -0.05) is 30.4 Å². The fourth-order valence-corrected chi connectivity index (χ4v) is 1.66. The number of rotatable bonds is 2. The largest absolute Gasteiger partial charge is 0.388 e. The highest BCUT2D eigenvalue weighted by Crippen LogP contribution is 2.21. The number of thiocarbonyl (C=S) groups is 1. The first-order valence-electron chi connectivity index (χ1n) is 4.84. The third kappa shape index (κ3) is 2.16. The van der Waals surface area contributed by atoms with E-state index in [9.17, 15) is 4.79 Å². The summed E-state index contributed by atoms with van der Waals surface area (Å²) in [4.78, 5) is 11.4. The number of amides is 1. The Bertz CT molecular complexity index is 562. The second kappa shape index (κ2) is 4.34. The van der Waals surface area contributed by atoms with Crippen LogP contribution in [0.5, 0.6) is 0 Å². The van der Waals surface area contributed by atoms with Crippen molar-refractivity contribution in [3.63, 3.8) is 0 Å². The fourth-order valence-electron chi connectivity index (χ4n) is 1.50. The summed E-state index contributed by atoms with van der Waals surface area (Å²) >= 11 is 4.84. The van der Waals surface area contributed by atoms with Gasteiger partial charge in [-0.25, -0.2) is 0 Å². The third-order valence-electron chi connectivity index (χ3n) is 2.30. The van der Waals surface area contributed by atoms with Crippen molar-refractivity contribution in [3.8, 4) is 0 Å². The van der Waals surface area contributed by atoms with Crippen LogP contribution in [-0.2, 0) is 4.79 Å². The monoisotopic (exact) mass is 246 g/mol. The van der Waals surface area contributed by atoms with E-state index in [0.717, 1.165) is 11.3 Å². The van der Waals surface area contributed by atoms with Gasteiger partial charge in [0.25, 0.3) is 5.91 Å². The lowest BCUT2D eigenvalue weighted by molar-refractivity contribution is -0.114. The molecule has 1 aliphatic rings. The Hall–Kier alpha value is -2.21. The Morgan fingerprint density at radius 3 is 2.65 bits per heavy atom. The lowest BCUT2D eigenvalue weighted by Gasteiger charge is -2.03. The number of carbonyl (C=O) groups excluding carboxylic acids is 1. The molecule has 1 aromatic carbocycles. The quantitative estimate of drug-likeness (QED) is 0.667. The summed E-state index contributed by atoms with van der Waals surface area (Å²) in [6.07, 6.45) is 1.62. The normalized spacial score (nSPS) is 13.6. The Labute approximate surface area is 103 Å². The molecule has 1 heterocycles. The number of anilines is 1. The minimum atomic E-state index is -0.616. The molecule has 0 radical (unpaired) electrons. The van der Waals surface area contributed by atoms with Crippen LogP contribution in [0, 0.1) is 0 Å². The Kier molecular flexibility index (Phi) is 2.88. The number of primary amides is 1. The van der Waals surface area contributed by atoms with Gasteiger partial charge in [-0.15, -0.1) is 0 Å². The third-order valence-corrected chi connectivity index (χ3v) is 2.50. The summed E-state index contributed by atoms with van der Waals surface area (Å²) in [6, 6.07) is 7.37. The molecule has 6 heteroatoms. The highest BCUT2D eigenvalue weighted by molar-refractivity contribution is 7.82. The minimum absolute atomic E-state index is 0.0235. The molecule has 0 bridgehead atoms. The predicted molar refractivity (Wildman–Crippen MR) is 71.5 cm³/mol. The van der Waals surface area contributed by atoms with E-state index in [1.807, 2.05) is 24.3 Å². The van der Waals surface area contributed by atoms with Gasteiger partial charge in [-0.2, -0.15) is 5.10 Å². The molecule has 1 aromatic rings. The van der Waals surface area contributed by atoms with E-state index in [2.05, 4.69) is 10.5 Å². The SMILES string of the molecule is NC(=O)C1=Cc2ccccc2NN=C1C(N)=S. The Morgan fingerprint density at radius 1 is 1.29 bits per heavy atom. The van der Waals surface area contributed by atoms with Crippen LogP contribution in [0.1, 0.15) is 5.56 Å². The van der Waals surface area contributed by atoms with Gasteiger partial charge in [0.15, 0.2) is 0 Å². The summed E-state index contributed by atoms with van der Waals surface area (Å²) in [5, 5.41) is 4.00. The van der Waals surface area contributed by atoms with Crippen molar-refractivity contribution in [2.75, 3.05) is 5.43 Å². The van der Waals surface area contributed by atoms with Crippen LogP contribution in [0.15, 0.2) is 34.9 Å². The molecule has 0 unspecified atom stereocenters. The van der Waals surface area contributed by atoms with Gasteiger partial charge in [-0.3, -0.25) is 10.2 Å². The van der Waals surface area contributed by atoms with Crippen LogP contribution in [0.25, 0.3) is 6.08 Å². The molecule has 0 saturated heterocycles. The van der Waals surface area contributed by atoms with E-state index in [0.29, 0.717) is 0 Å². The van der Waals surface area contributed by atoms with E-state index in [-0.39, 0.29) is 16.3 Å². The predicted octanol–water partition coefficient (Wildman–Crippen LogP) is 0.623. The van der Waals surface area contributed by atoms with Crippen molar-refractivity contribution >= 4 is 40.6 Å². The zero-order valence-corrected chi connectivity index (χ0v) is 9.62. The smallest absolute Gasteiger partial charge is 0.251 e. The molecule has 2 rings (SSSR count). The summed E-state index contributed by atoms with van der Waals surface area (Å²) in [5.41, 5.74) is 15.6. The average molecular weight is 246 g/mol. The second-order valence-corrected chi connectivity index (χ2v) is 3.89. The summed E-state index contributed by atoms with van der Waals surface area (Å²) < 4.78 is 0. The van der Waals surface area contributed by atoms with E-state index in [4.69, 9.17) is 23.7 Å². The molecule has 1 aliphatic heterocycles. The van der Waals surface area contributed by atoms with E-state index >= 15 is 0 Å². The molecular formula is C11H10N4OS. The van der Waals surface area contributed by atoms with Gasteiger partial charge >= 0.3 is 0 Å².